The Morgan fingerprint density at radius 2 is 1.81 bits per heavy atom. The van der Waals surface area contributed by atoms with E-state index in [1.54, 1.807) is 0 Å². The quantitative estimate of drug-likeness (QED) is 0.908. The van der Waals surface area contributed by atoms with Crippen LogP contribution in [0.5, 0.6) is 0 Å². The van der Waals surface area contributed by atoms with Crippen molar-refractivity contribution in [3.63, 3.8) is 0 Å². The second-order valence-electron chi connectivity index (χ2n) is 6.69. The van der Waals surface area contributed by atoms with Gasteiger partial charge in [-0.3, -0.25) is 0 Å². The Bertz CT molecular complexity index is 572. The summed E-state index contributed by atoms with van der Waals surface area (Å²) >= 11 is 0. The van der Waals surface area contributed by atoms with Gasteiger partial charge in [0.1, 0.15) is 0 Å². The number of benzene rings is 1. The van der Waals surface area contributed by atoms with E-state index < -0.39 is 9.84 Å². The zero-order valence-electron chi connectivity index (χ0n) is 12.7. The topological polar surface area (TPSA) is 46.2 Å². The van der Waals surface area contributed by atoms with E-state index in [1.165, 1.54) is 30.2 Å². The van der Waals surface area contributed by atoms with Gasteiger partial charge >= 0.3 is 0 Å². The summed E-state index contributed by atoms with van der Waals surface area (Å²) in [5, 5.41) is 3.34. The Hall–Kier alpha value is -0.870. The first-order valence-corrected chi connectivity index (χ1v) is 9.98. The molecule has 21 heavy (non-hydrogen) atoms. The van der Waals surface area contributed by atoms with Crippen molar-refractivity contribution < 1.29 is 8.42 Å². The normalized spacial score (nSPS) is 26.1. The molecule has 116 valence electrons. The van der Waals surface area contributed by atoms with E-state index in [-0.39, 0.29) is 11.3 Å². The van der Waals surface area contributed by atoms with Crippen molar-refractivity contribution in [1.29, 1.82) is 0 Å². The Labute approximate surface area is 128 Å². The van der Waals surface area contributed by atoms with Gasteiger partial charge in [0.15, 0.2) is 9.84 Å². The van der Waals surface area contributed by atoms with Crippen LogP contribution in [-0.4, -0.2) is 32.5 Å². The van der Waals surface area contributed by atoms with Gasteiger partial charge in [0.05, 0.1) is 5.25 Å². The number of fused-ring (bicyclic) bond motifs is 1. The van der Waals surface area contributed by atoms with E-state index in [1.807, 2.05) is 0 Å². The highest BCUT2D eigenvalue weighted by atomic mass is 32.2. The Morgan fingerprint density at radius 1 is 1.14 bits per heavy atom. The van der Waals surface area contributed by atoms with Gasteiger partial charge in [0.2, 0.25) is 0 Å². The fourth-order valence-electron chi connectivity index (χ4n) is 4.00. The molecule has 1 N–H and O–H groups in total. The summed E-state index contributed by atoms with van der Waals surface area (Å²) in [7, 11) is -2.91. The maximum absolute atomic E-state index is 11.8. The summed E-state index contributed by atoms with van der Waals surface area (Å²) in [4.78, 5) is 0. The molecule has 1 aromatic rings. The monoisotopic (exact) mass is 307 g/mol. The molecular weight excluding hydrogens is 282 g/mol. The van der Waals surface area contributed by atoms with Gasteiger partial charge in [-0.05, 0) is 55.7 Å². The highest BCUT2D eigenvalue weighted by Gasteiger charge is 2.34. The third-order valence-electron chi connectivity index (χ3n) is 5.10. The van der Waals surface area contributed by atoms with E-state index in [9.17, 15) is 8.42 Å². The first kappa shape index (κ1) is 15.0. The van der Waals surface area contributed by atoms with E-state index in [0.29, 0.717) is 5.92 Å². The molecule has 0 aromatic heterocycles. The maximum atomic E-state index is 11.8. The molecule has 0 amide bonds. The predicted molar refractivity (Wildman–Crippen MR) is 86.2 cm³/mol. The van der Waals surface area contributed by atoms with Crippen LogP contribution in [0.4, 0.5) is 0 Å². The zero-order chi connectivity index (χ0) is 14.9. The zero-order valence-corrected chi connectivity index (χ0v) is 13.5. The fourth-order valence-corrected chi connectivity index (χ4v) is 5.42. The number of rotatable bonds is 5. The standard InChI is InChI=1S/C17H25NO2S/c1-21(19,20)17-8-4-7-16(17)18-10-9-13-11-14-5-2-3-6-15(14)12-13/h2-3,5-6,13,16-18H,4,7-12H2,1H3. The number of hydrogen-bond acceptors (Lipinski definition) is 3. The Balaban J connectivity index is 1.47. The predicted octanol–water partition coefficient (Wildman–Crippen LogP) is 2.35. The van der Waals surface area contributed by atoms with Crippen LogP contribution in [-0.2, 0) is 22.7 Å². The van der Waals surface area contributed by atoms with Crippen LogP contribution >= 0.6 is 0 Å². The lowest BCUT2D eigenvalue weighted by Crippen LogP contribution is -2.40. The number of sulfone groups is 1. The molecule has 1 fully saturated rings. The van der Waals surface area contributed by atoms with Gasteiger partial charge in [0, 0.05) is 12.3 Å². The lowest BCUT2D eigenvalue weighted by Gasteiger charge is -2.20. The SMILES string of the molecule is CS(=O)(=O)C1CCCC1NCCC1Cc2ccccc2C1. The van der Waals surface area contributed by atoms with Gasteiger partial charge < -0.3 is 5.32 Å². The summed E-state index contributed by atoms with van der Waals surface area (Å²) in [6.07, 6.45) is 7.74. The van der Waals surface area contributed by atoms with Crippen LogP contribution in [0.2, 0.25) is 0 Å². The molecule has 2 unspecified atom stereocenters. The Kier molecular flexibility index (Phi) is 4.36. The molecule has 0 heterocycles. The lowest BCUT2D eigenvalue weighted by atomic mass is 10.0. The summed E-state index contributed by atoms with van der Waals surface area (Å²) in [5.41, 5.74) is 3.00. The highest BCUT2D eigenvalue weighted by Crippen LogP contribution is 2.29. The fraction of sp³-hybridized carbons (Fsp3) is 0.647. The molecule has 1 saturated carbocycles. The van der Waals surface area contributed by atoms with Crippen molar-refractivity contribution in [2.45, 2.75) is 49.8 Å². The molecule has 0 aliphatic heterocycles. The number of nitrogens with one attached hydrogen (secondary N) is 1. The first-order chi connectivity index (χ1) is 10.0. The van der Waals surface area contributed by atoms with E-state index >= 15 is 0 Å². The lowest BCUT2D eigenvalue weighted by molar-refractivity contribution is 0.444. The van der Waals surface area contributed by atoms with Crippen molar-refractivity contribution in [2.24, 2.45) is 5.92 Å². The van der Waals surface area contributed by atoms with Crippen LogP contribution in [0.3, 0.4) is 0 Å². The summed E-state index contributed by atoms with van der Waals surface area (Å²) < 4.78 is 23.5. The molecule has 3 rings (SSSR count). The largest absolute Gasteiger partial charge is 0.313 e. The molecule has 2 aliphatic carbocycles. The summed E-state index contributed by atoms with van der Waals surface area (Å²) in [6, 6.07) is 8.88. The average molecular weight is 307 g/mol. The van der Waals surface area contributed by atoms with Gasteiger partial charge in [-0.15, -0.1) is 0 Å². The molecule has 0 saturated heterocycles. The smallest absolute Gasteiger partial charge is 0.151 e. The van der Waals surface area contributed by atoms with E-state index in [4.69, 9.17) is 0 Å². The van der Waals surface area contributed by atoms with E-state index in [2.05, 4.69) is 29.6 Å². The van der Waals surface area contributed by atoms with Crippen molar-refractivity contribution in [1.82, 2.24) is 5.32 Å². The third-order valence-corrected chi connectivity index (χ3v) is 6.76. The van der Waals surface area contributed by atoms with Crippen LogP contribution in [0.25, 0.3) is 0 Å². The van der Waals surface area contributed by atoms with Crippen molar-refractivity contribution in [2.75, 3.05) is 12.8 Å². The van der Waals surface area contributed by atoms with Crippen molar-refractivity contribution in [3.8, 4) is 0 Å². The first-order valence-electron chi connectivity index (χ1n) is 8.03. The second-order valence-corrected chi connectivity index (χ2v) is 8.96. The van der Waals surface area contributed by atoms with Crippen LogP contribution in [0.15, 0.2) is 24.3 Å². The molecule has 0 radical (unpaired) electrons. The second kappa shape index (κ2) is 6.09. The van der Waals surface area contributed by atoms with Crippen LogP contribution < -0.4 is 5.32 Å². The number of hydrogen-bond donors (Lipinski definition) is 1. The summed E-state index contributed by atoms with van der Waals surface area (Å²) in [5.74, 6) is 0.716. The van der Waals surface area contributed by atoms with Crippen molar-refractivity contribution >= 4 is 9.84 Å². The highest BCUT2D eigenvalue weighted by molar-refractivity contribution is 7.91. The minimum atomic E-state index is -2.91. The molecule has 0 spiro atoms. The molecule has 1 aromatic carbocycles. The van der Waals surface area contributed by atoms with Gasteiger partial charge in [-0.25, -0.2) is 8.42 Å². The molecule has 4 heteroatoms. The summed E-state index contributed by atoms with van der Waals surface area (Å²) in [6.45, 7) is 0.940. The van der Waals surface area contributed by atoms with Crippen molar-refractivity contribution in [3.05, 3.63) is 35.4 Å². The van der Waals surface area contributed by atoms with Gasteiger partial charge in [-0.1, -0.05) is 30.7 Å². The third kappa shape index (κ3) is 3.49. The van der Waals surface area contributed by atoms with E-state index in [0.717, 1.165) is 32.2 Å². The molecular formula is C17H25NO2S. The molecule has 3 nitrogen and oxygen atoms in total. The average Bonchev–Trinajstić information content (AvgIpc) is 3.03. The Morgan fingerprint density at radius 3 is 2.43 bits per heavy atom. The molecule has 2 aliphatic rings. The molecule has 0 bridgehead atoms. The molecule has 2 atom stereocenters. The minimum Gasteiger partial charge on any atom is -0.313 e. The van der Waals surface area contributed by atoms with Crippen LogP contribution in [0.1, 0.15) is 36.8 Å². The van der Waals surface area contributed by atoms with Gasteiger partial charge in [-0.2, -0.15) is 0 Å². The van der Waals surface area contributed by atoms with Gasteiger partial charge in [0.25, 0.3) is 0 Å². The minimum absolute atomic E-state index is 0.168. The van der Waals surface area contributed by atoms with Crippen LogP contribution in [0, 0.1) is 5.92 Å². The maximum Gasteiger partial charge on any atom is 0.151 e.